The Morgan fingerprint density at radius 1 is 1.06 bits per heavy atom. The number of carbonyl (C=O) groups excluding carboxylic acids is 2. The minimum Gasteiger partial charge on any atom is -0.355 e. The van der Waals surface area contributed by atoms with Crippen LogP contribution in [0, 0.1) is 23.7 Å². The van der Waals surface area contributed by atoms with Gasteiger partial charge in [-0.25, -0.2) is 13.1 Å². The lowest BCUT2D eigenvalue weighted by Crippen LogP contribution is -2.43. The number of rotatable bonds is 7. The van der Waals surface area contributed by atoms with Crippen LogP contribution in [0.1, 0.15) is 12.0 Å². The average molecular weight is 446 g/mol. The molecule has 1 aliphatic heterocycles. The number of hydrogen-bond donors (Lipinski definition) is 3. The number of fused-ring (bicyclic) bond motifs is 5. The van der Waals surface area contributed by atoms with Gasteiger partial charge >= 0.3 is 0 Å². The summed E-state index contributed by atoms with van der Waals surface area (Å²) in [6, 6.07) is 6.55. The van der Waals surface area contributed by atoms with Gasteiger partial charge in [-0.15, -0.1) is 0 Å². The molecule has 1 aromatic carbocycles. The predicted molar refractivity (Wildman–Crippen MR) is 115 cm³/mol. The van der Waals surface area contributed by atoms with Crippen LogP contribution in [0.4, 0.5) is 0 Å². The van der Waals surface area contributed by atoms with Crippen molar-refractivity contribution in [2.75, 3.05) is 27.2 Å². The van der Waals surface area contributed by atoms with Crippen molar-refractivity contribution >= 4 is 27.8 Å². The number of aliphatic imine (C=N–C) groups is 1. The second kappa shape index (κ2) is 8.43. The third-order valence-electron chi connectivity index (χ3n) is 6.38. The Bertz CT molecular complexity index is 1000. The van der Waals surface area contributed by atoms with E-state index in [1.54, 1.807) is 31.3 Å². The van der Waals surface area contributed by atoms with Gasteiger partial charge in [0.1, 0.15) is 0 Å². The number of hydrogen-bond acceptors (Lipinski definition) is 5. The van der Waals surface area contributed by atoms with E-state index >= 15 is 0 Å². The molecular formula is C21H27N5O4S. The van der Waals surface area contributed by atoms with Crippen LogP contribution < -0.4 is 15.4 Å². The summed E-state index contributed by atoms with van der Waals surface area (Å²) >= 11 is 0. The van der Waals surface area contributed by atoms with Crippen LogP contribution in [0.15, 0.2) is 46.3 Å². The Morgan fingerprint density at radius 2 is 1.68 bits per heavy atom. The third kappa shape index (κ3) is 3.97. The maximum Gasteiger partial charge on any atom is 0.240 e. The zero-order valence-electron chi connectivity index (χ0n) is 17.5. The molecule has 1 heterocycles. The largest absolute Gasteiger partial charge is 0.355 e. The summed E-state index contributed by atoms with van der Waals surface area (Å²) in [5.41, 5.74) is 0.888. The van der Waals surface area contributed by atoms with Gasteiger partial charge < -0.3 is 10.6 Å². The second-order valence-electron chi connectivity index (χ2n) is 8.03. The van der Waals surface area contributed by atoms with Crippen LogP contribution in [0.2, 0.25) is 0 Å². The van der Waals surface area contributed by atoms with Gasteiger partial charge in [0.2, 0.25) is 21.8 Å². The molecule has 2 aliphatic carbocycles. The van der Waals surface area contributed by atoms with E-state index in [2.05, 4.69) is 32.5 Å². The molecule has 2 bridgehead atoms. The lowest BCUT2D eigenvalue weighted by Gasteiger charge is -2.18. The zero-order valence-corrected chi connectivity index (χ0v) is 18.4. The lowest BCUT2D eigenvalue weighted by molar-refractivity contribution is -0.140. The Hall–Kier alpha value is -2.72. The van der Waals surface area contributed by atoms with E-state index in [1.165, 1.54) is 11.9 Å². The van der Waals surface area contributed by atoms with Gasteiger partial charge in [0.15, 0.2) is 5.96 Å². The first kappa shape index (κ1) is 21.5. The summed E-state index contributed by atoms with van der Waals surface area (Å²) in [5.74, 6) is 0.528. The first-order chi connectivity index (χ1) is 14.9. The quantitative estimate of drug-likeness (QED) is 0.236. The third-order valence-corrected chi connectivity index (χ3v) is 7.81. The molecule has 10 heteroatoms. The Morgan fingerprint density at radius 3 is 2.23 bits per heavy atom. The molecule has 2 amide bonds. The second-order valence-corrected chi connectivity index (χ2v) is 9.92. The van der Waals surface area contributed by atoms with Gasteiger partial charge in [0.25, 0.3) is 0 Å². The van der Waals surface area contributed by atoms with E-state index in [4.69, 9.17) is 0 Å². The fourth-order valence-electron chi connectivity index (χ4n) is 4.78. The Labute approximate surface area is 182 Å². The number of imide groups is 1. The van der Waals surface area contributed by atoms with Crippen molar-refractivity contribution in [3.8, 4) is 0 Å². The van der Waals surface area contributed by atoms with Crippen LogP contribution in [0.5, 0.6) is 0 Å². The minimum absolute atomic E-state index is 0.0480. The van der Waals surface area contributed by atoms with Gasteiger partial charge in [-0.3, -0.25) is 19.5 Å². The van der Waals surface area contributed by atoms with E-state index in [1.807, 2.05) is 0 Å². The van der Waals surface area contributed by atoms with E-state index < -0.39 is 10.0 Å². The Kier molecular flexibility index (Phi) is 5.85. The number of nitrogens with one attached hydrogen (secondary N) is 3. The van der Waals surface area contributed by atoms with Crippen molar-refractivity contribution in [2.45, 2.75) is 17.9 Å². The van der Waals surface area contributed by atoms with E-state index in [0.29, 0.717) is 25.6 Å². The standard InChI is InChI=1S/C21H27N5O4S/c1-22-21(25-12-13-3-7-16(8-4-13)31(29,30)23-2)24-9-10-26-19(27)17-14-5-6-15(11-14)18(17)20(26)28/h3-8,14-15,17-18,23H,9-12H2,1-2H3,(H2,22,24,25). The predicted octanol–water partition coefficient (Wildman–Crippen LogP) is 0.0668. The van der Waals surface area contributed by atoms with Crippen molar-refractivity contribution in [1.82, 2.24) is 20.3 Å². The monoisotopic (exact) mass is 445 g/mol. The molecule has 0 radical (unpaired) electrons. The van der Waals surface area contributed by atoms with Crippen LogP contribution >= 0.6 is 0 Å². The van der Waals surface area contributed by atoms with Crippen molar-refractivity contribution in [3.05, 3.63) is 42.0 Å². The number of sulfonamides is 1. The molecule has 4 rings (SSSR count). The number of benzene rings is 1. The first-order valence-electron chi connectivity index (χ1n) is 10.4. The molecule has 3 N–H and O–H groups in total. The number of guanidine groups is 1. The summed E-state index contributed by atoms with van der Waals surface area (Å²) < 4.78 is 25.9. The SMILES string of the molecule is CN=C(NCCN1C(=O)C2C3C=CC(C3)C2C1=O)NCc1ccc(S(=O)(=O)NC)cc1. The molecule has 4 atom stereocenters. The maximum absolute atomic E-state index is 12.7. The highest BCUT2D eigenvalue weighted by Crippen LogP contribution is 2.52. The van der Waals surface area contributed by atoms with Crippen LogP contribution in [-0.4, -0.2) is 58.3 Å². The topological polar surface area (TPSA) is 120 Å². The molecule has 1 saturated carbocycles. The van der Waals surface area contributed by atoms with Crippen LogP contribution in [-0.2, 0) is 26.2 Å². The highest BCUT2D eigenvalue weighted by Gasteiger charge is 2.58. The van der Waals surface area contributed by atoms with Crippen molar-refractivity contribution < 1.29 is 18.0 Å². The molecular weight excluding hydrogens is 418 g/mol. The summed E-state index contributed by atoms with van der Waals surface area (Å²) in [4.78, 5) is 31.2. The highest BCUT2D eigenvalue weighted by molar-refractivity contribution is 7.89. The molecule has 0 aromatic heterocycles. The van der Waals surface area contributed by atoms with Crippen molar-refractivity contribution in [3.63, 3.8) is 0 Å². The minimum atomic E-state index is -3.46. The van der Waals surface area contributed by atoms with E-state index in [9.17, 15) is 18.0 Å². The zero-order chi connectivity index (χ0) is 22.2. The number of likely N-dealkylation sites (tertiary alicyclic amines) is 1. The fraction of sp³-hybridized carbons (Fsp3) is 0.476. The fourth-order valence-corrected chi connectivity index (χ4v) is 5.51. The lowest BCUT2D eigenvalue weighted by atomic mass is 9.85. The summed E-state index contributed by atoms with van der Waals surface area (Å²) in [5, 5.41) is 6.27. The summed E-state index contributed by atoms with van der Waals surface area (Å²) in [7, 11) is -0.450. The Balaban J connectivity index is 1.26. The van der Waals surface area contributed by atoms with E-state index in [0.717, 1.165) is 12.0 Å². The first-order valence-corrected chi connectivity index (χ1v) is 11.8. The van der Waals surface area contributed by atoms with Gasteiger partial charge in [-0.1, -0.05) is 24.3 Å². The average Bonchev–Trinajstić information content (AvgIpc) is 3.46. The van der Waals surface area contributed by atoms with E-state index in [-0.39, 0.29) is 40.4 Å². The van der Waals surface area contributed by atoms with Gasteiger partial charge in [-0.05, 0) is 43.0 Å². The molecule has 1 saturated heterocycles. The summed E-state index contributed by atoms with van der Waals surface area (Å²) in [6.07, 6.45) is 5.10. The normalized spacial score (nSPS) is 27.2. The number of nitrogens with zero attached hydrogens (tertiary/aromatic N) is 2. The maximum atomic E-state index is 12.7. The molecule has 4 unspecified atom stereocenters. The molecule has 9 nitrogen and oxygen atoms in total. The van der Waals surface area contributed by atoms with Gasteiger partial charge in [0, 0.05) is 26.7 Å². The highest BCUT2D eigenvalue weighted by atomic mass is 32.2. The smallest absolute Gasteiger partial charge is 0.240 e. The van der Waals surface area contributed by atoms with Gasteiger partial charge in [0.05, 0.1) is 16.7 Å². The van der Waals surface area contributed by atoms with Gasteiger partial charge in [-0.2, -0.15) is 0 Å². The molecule has 1 aromatic rings. The van der Waals surface area contributed by atoms with Crippen molar-refractivity contribution in [1.29, 1.82) is 0 Å². The number of allylic oxidation sites excluding steroid dienone is 2. The molecule has 2 fully saturated rings. The molecule has 166 valence electrons. The molecule has 0 spiro atoms. The molecule has 31 heavy (non-hydrogen) atoms. The summed E-state index contributed by atoms with van der Waals surface area (Å²) in [6.45, 7) is 1.15. The number of amides is 2. The van der Waals surface area contributed by atoms with Crippen molar-refractivity contribution in [2.24, 2.45) is 28.7 Å². The molecule has 3 aliphatic rings. The van der Waals surface area contributed by atoms with Crippen LogP contribution in [0.25, 0.3) is 0 Å². The van der Waals surface area contributed by atoms with Crippen LogP contribution in [0.3, 0.4) is 0 Å². The number of carbonyl (C=O) groups is 2.